The lowest BCUT2D eigenvalue weighted by molar-refractivity contribution is -0.384. The van der Waals surface area contributed by atoms with E-state index in [1.54, 1.807) is 43.5 Å². The topological polar surface area (TPSA) is 81.5 Å². The van der Waals surface area contributed by atoms with Crippen molar-refractivity contribution in [1.29, 1.82) is 0 Å². The van der Waals surface area contributed by atoms with Crippen LogP contribution in [0.2, 0.25) is 0 Å². The molecule has 1 N–H and O–H groups in total. The summed E-state index contributed by atoms with van der Waals surface area (Å²) in [6.45, 7) is 0. The molecule has 0 atom stereocenters. The van der Waals surface area contributed by atoms with Crippen molar-refractivity contribution in [2.45, 2.75) is 5.75 Å². The van der Waals surface area contributed by atoms with E-state index >= 15 is 0 Å². The Morgan fingerprint density at radius 1 is 1.26 bits per heavy atom. The summed E-state index contributed by atoms with van der Waals surface area (Å²) >= 11 is 1.40. The van der Waals surface area contributed by atoms with Gasteiger partial charge < -0.3 is 10.1 Å². The third-order valence-corrected chi connectivity index (χ3v) is 3.98. The van der Waals surface area contributed by atoms with Gasteiger partial charge in [0.1, 0.15) is 5.75 Å². The van der Waals surface area contributed by atoms with Crippen LogP contribution in [0.3, 0.4) is 0 Å². The molecule has 0 aromatic heterocycles. The van der Waals surface area contributed by atoms with E-state index in [-0.39, 0.29) is 17.3 Å². The number of hydrogen-bond donors (Lipinski definition) is 1. The summed E-state index contributed by atoms with van der Waals surface area (Å²) in [5.74, 6) is 1.34. The predicted molar refractivity (Wildman–Crippen MR) is 90.9 cm³/mol. The fraction of sp³-hybridized carbons (Fsp3) is 0.188. The number of carbonyl (C=O) groups excluding carboxylic acids is 1. The molecule has 120 valence electrons. The van der Waals surface area contributed by atoms with Gasteiger partial charge in [-0.3, -0.25) is 14.9 Å². The molecule has 0 radical (unpaired) electrons. The molecule has 6 nitrogen and oxygen atoms in total. The van der Waals surface area contributed by atoms with E-state index in [2.05, 4.69) is 5.32 Å². The summed E-state index contributed by atoms with van der Waals surface area (Å²) in [6.07, 6.45) is 0. The zero-order chi connectivity index (χ0) is 16.7. The van der Waals surface area contributed by atoms with Gasteiger partial charge in [0, 0.05) is 29.6 Å². The van der Waals surface area contributed by atoms with Crippen LogP contribution >= 0.6 is 11.8 Å². The molecule has 0 aliphatic carbocycles. The molecule has 0 heterocycles. The van der Waals surface area contributed by atoms with Gasteiger partial charge in [0.25, 0.3) is 5.69 Å². The molecule has 1 amide bonds. The maximum atomic E-state index is 11.9. The van der Waals surface area contributed by atoms with Gasteiger partial charge in [-0.15, -0.1) is 11.8 Å². The molecule has 2 rings (SSSR count). The molecule has 0 saturated carbocycles. The van der Waals surface area contributed by atoms with Gasteiger partial charge in [0.15, 0.2) is 0 Å². The van der Waals surface area contributed by atoms with Crippen LogP contribution in [-0.2, 0) is 10.5 Å². The van der Waals surface area contributed by atoms with Crippen LogP contribution in [0.25, 0.3) is 0 Å². The standard InChI is InChI=1S/C16H16N2O4S/c1-22-15-7-3-5-13(9-15)17-16(19)11-23-10-12-4-2-6-14(8-12)18(20)21/h2-9H,10-11H2,1H3,(H,17,19). The first-order valence-electron chi connectivity index (χ1n) is 6.83. The van der Waals surface area contributed by atoms with Gasteiger partial charge in [-0.25, -0.2) is 0 Å². The van der Waals surface area contributed by atoms with Crippen molar-refractivity contribution < 1.29 is 14.5 Å². The number of nitrogens with one attached hydrogen (secondary N) is 1. The van der Waals surface area contributed by atoms with Crippen molar-refractivity contribution >= 4 is 29.0 Å². The quantitative estimate of drug-likeness (QED) is 0.620. The minimum atomic E-state index is -0.427. The Morgan fingerprint density at radius 2 is 2.04 bits per heavy atom. The number of benzene rings is 2. The Morgan fingerprint density at radius 3 is 2.78 bits per heavy atom. The van der Waals surface area contributed by atoms with E-state index in [1.165, 1.54) is 23.9 Å². The number of thioether (sulfide) groups is 1. The number of anilines is 1. The summed E-state index contributed by atoms with van der Waals surface area (Å²) in [4.78, 5) is 22.2. The molecule has 0 aliphatic heterocycles. The highest BCUT2D eigenvalue weighted by molar-refractivity contribution is 7.99. The predicted octanol–water partition coefficient (Wildman–Crippen LogP) is 3.48. The lowest BCUT2D eigenvalue weighted by Crippen LogP contribution is -2.14. The monoisotopic (exact) mass is 332 g/mol. The SMILES string of the molecule is COc1cccc(NC(=O)CSCc2cccc([N+](=O)[O-])c2)c1. The molecule has 0 aliphatic rings. The Bertz CT molecular complexity index is 706. The third kappa shape index (κ3) is 5.30. The third-order valence-electron chi connectivity index (χ3n) is 2.98. The Kier molecular flexibility index (Phi) is 5.99. The van der Waals surface area contributed by atoms with Crippen LogP contribution in [0.4, 0.5) is 11.4 Å². The van der Waals surface area contributed by atoms with E-state index in [0.717, 1.165) is 5.56 Å². The molecule has 2 aromatic carbocycles. The Labute approximate surface area is 138 Å². The van der Waals surface area contributed by atoms with E-state index in [0.29, 0.717) is 17.2 Å². The molecule has 0 spiro atoms. The molecule has 0 unspecified atom stereocenters. The fourth-order valence-electron chi connectivity index (χ4n) is 1.92. The lowest BCUT2D eigenvalue weighted by atomic mass is 10.2. The van der Waals surface area contributed by atoms with E-state index < -0.39 is 4.92 Å². The second kappa shape index (κ2) is 8.19. The average molecular weight is 332 g/mol. The minimum absolute atomic E-state index is 0.0592. The summed E-state index contributed by atoms with van der Waals surface area (Å²) in [6, 6.07) is 13.5. The second-order valence-corrected chi connectivity index (χ2v) is 5.69. The van der Waals surface area contributed by atoms with Crippen LogP contribution in [-0.4, -0.2) is 23.7 Å². The number of nitrogens with zero attached hydrogens (tertiary/aromatic N) is 1. The first kappa shape index (κ1) is 16.8. The highest BCUT2D eigenvalue weighted by Crippen LogP contribution is 2.19. The Balaban J connectivity index is 1.82. The first-order valence-corrected chi connectivity index (χ1v) is 7.99. The van der Waals surface area contributed by atoms with E-state index in [9.17, 15) is 14.9 Å². The molecule has 2 aromatic rings. The number of nitro groups is 1. The number of carbonyl (C=O) groups is 1. The van der Waals surface area contributed by atoms with Gasteiger partial charge in [-0.05, 0) is 17.7 Å². The number of hydrogen-bond acceptors (Lipinski definition) is 5. The smallest absolute Gasteiger partial charge is 0.269 e. The summed E-state index contributed by atoms with van der Waals surface area (Å²) in [7, 11) is 1.57. The van der Waals surface area contributed by atoms with Gasteiger partial charge in [0.05, 0.1) is 17.8 Å². The molecular weight excluding hydrogens is 316 g/mol. The number of methoxy groups -OCH3 is 1. The van der Waals surface area contributed by atoms with Crippen LogP contribution in [0.1, 0.15) is 5.56 Å². The van der Waals surface area contributed by atoms with Crippen LogP contribution in [0, 0.1) is 10.1 Å². The summed E-state index contributed by atoms with van der Waals surface area (Å²) in [5.41, 5.74) is 1.55. The molecule has 0 saturated heterocycles. The van der Waals surface area contributed by atoms with Crippen LogP contribution in [0.15, 0.2) is 48.5 Å². The molecule has 7 heteroatoms. The van der Waals surface area contributed by atoms with Gasteiger partial charge >= 0.3 is 0 Å². The summed E-state index contributed by atoms with van der Waals surface area (Å²) in [5, 5.41) is 13.5. The number of nitro benzene ring substituents is 1. The van der Waals surface area contributed by atoms with Crippen molar-refractivity contribution in [3.63, 3.8) is 0 Å². The van der Waals surface area contributed by atoms with Crippen LogP contribution in [0.5, 0.6) is 5.75 Å². The Hall–Kier alpha value is -2.54. The van der Waals surface area contributed by atoms with E-state index in [4.69, 9.17) is 4.74 Å². The fourth-order valence-corrected chi connectivity index (χ4v) is 2.69. The zero-order valence-corrected chi connectivity index (χ0v) is 13.3. The maximum Gasteiger partial charge on any atom is 0.269 e. The van der Waals surface area contributed by atoms with Gasteiger partial charge in [-0.2, -0.15) is 0 Å². The molecular formula is C16H16N2O4S. The zero-order valence-electron chi connectivity index (χ0n) is 12.5. The number of non-ortho nitro benzene ring substituents is 1. The van der Waals surface area contributed by atoms with Gasteiger partial charge in [-0.1, -0.05) is 18.2 Å². The van der Waals surface area contributed by atoms with Crippen molar-refractivity contribution in [2.24, 2.45) is 0 Å². The van der Waals surface area contributed by atoms with Gasteiger partial charge in [0.2, 0.25) is 5.91 Å². The normalized spacial score (nSPS) is 10.1. The largest absolute Gasteiger partial charge is 0.497 e. The van der Waals surface area contributed by atoms with E-state index in [1.807, 2.05) is 0 Å². The highest BCUT2D eigenvalue weighted by Gasteiger charge is 2.07. The highest BCUT2D eigenvalue weighted by atomic mass is 32.2. The molecule has 0 bridgehead atoms. The molecule has 23 heavy (non-hydrogen) atoms. The molecule has 0 fully saturated rings. The van der Waals surface area contributed by atoms with Crippen LogP contribution < -0.4 is 10.1 Å². The number of rotatable bonds is 7. The first-order chi connectivity index (χ1) is 11.1. The number of ether oxygens (including phenoxy) is 1. The minimum Gasteiger partial charge on any atom is -0.497 e. The number of amides is 1. The van der Waals surface area contributed by atoms with Crippen molar-refractivity contribution in [1.82, 2.24) is 0 Å². The second-order valence-electron chi connectivity index (χ2n) is 4.70. The summed E-state index contributed by atoms with van der Waals surface area (Å²) < 4.78 is 5.09. The lowest BCUT2D eigenvalue weighted by Gasteiger charge is -2.07. The van der Waals surface area contributed by atoms with Crippen molar-refractivity contribution in [3.8, 4) is 5.75 Å². The maximum absolute atomic E-state index is 11.9. The van der Waals surface area contributed by atoms with Crippen molar-refractivity contribution in [2.75, 3.05) is 18.2 Å². The average Bonchev–Trinajstić information content (AvgIpc) is 2.55. The van der Waals surface area contributed by atoms with Crippen molar-refractivity contribution in [3.05, 3.63) is 64.2 Å².